The summed E-state index contributed by atoms with van der Waals surface area (Å²) in [5.74, 6) is -0.148. The minimum atomic E-state index is -3.47. The molecule has 0 radical (unpaired) electrons. The Morgan fingerprint density at radius 3 is 2.39 bits per heavy atom. The van der Waals surface area contributed by atoms with Crippen LogP contribution in [-0.2, 0) is 10.0 Å². The Morgan fingerprint density at radius 1 is 1.39 bits per heavy atom. The molecule has 8 heteroatoms. The van der Waals surface area contributed by atoms with Gasteiger partial charge >= 0.3 is 0 Å². The van der Waals surface area contributed by atoms with Crippen molar-refractivity contribution in [3.8, 4) is 0 Å². The van der Waals surface area contributed by atoms with Crippen LogP contribution in [0.3, 0.4) is 0 Å². The second-order valence-corrected chi connectivity index (χ2v) is 5.63. The molecule has 1 aromatic rings. The lowest BCUT2D eigenvalue weighted by atomic mass is 10.1. The van der Waals surface area contributed by atoms with Crippen LogP contribution in [0.15, 0.2) is 24.3 Å². The van der Waals surface area contributed by atoms with E-state index in [1.54, 1.807) is 12.1 Å². The lowest BCUT2D eigenvalue weighted by Crippen LogP contribution is -2.28. The summed E-state index contributed by atoms with van der Waals surface area (Å²) in [7, 11) is -3.47. The lowest BCUT2D eigenvalue weighted by Gasteiger charge is -2.13. The van der Waals surface area contributed by atoms with Crippen LogP contribution in [-0.4, -0.2) is 25.6 Å². The van der Waals surface area contributed by atoms with E-state index in [1.165, 1.54) is 12.1 Å². The molecule has 1 rings (SSSR count). The number of nitro benzene ring substituents is 1. The highest BCUT2D eigenvalue weighted by Gasteiger charge is 2.09. The summed E-state index contributed by atoms with van der Waals surface area (Å²) in [5.41, 5.74) is 0.866. The standard InChI is InChI=1S/C10H15N3O4S/c1-8(12-6-7-18(11,16)17)9-2-4-10(5-3-9)13(14)15/h2-5,8,12H,6-7H2,1H3,(H2,11,16,17). The Labute approximate surface area is 105 Å². The lowest BCUT2D eigenvalue weighted by molar-refractivity contribution is -0.384. The minimum Gasteiger partial charge on any atom is -0.309 e. The first kappa shape index (κ1) is 14.6. The highest BCUT2D eigenvalue weighted by molar-refractivity contribution is 7.89. The maximum Gasteiger partial charge on any atom is 0.269 e. The topological polar surface area (TPSA) is 115 Å². The van der Waals surface area contributed by atoms with E-state index in [1.807, 2.05) is 6.92 Å². The molecule has 0 aromatic heterocycles. The van der Waals surface area contributed by atoms with Gasteiger partial charge in [-0.1, -0.05) is 12.1 Å². The van der Waals surface area contributed by atoms with Gasteiger partial charge < -0.3 is 5.32 Å². The van der Waals surface area contributed by atoms with Gasteiger partial charge in [0.2, 0.25) is 10.0 Å². The van der Waals surface area contributed by atoms with Gasteiger partial charge in [-0.05, 0) is 12.5 Å². The summed E-state index contributed by atoms with van der Waals surface area (Å²) >= 11 is 0. The monoisotopic (exact) mass is 273 g/mol. The van der Waals surface area contributed by atoms with Crippen molar-refractivity contribution in [1.82, 2.24) is 5.32 Å². The van der Waals surface area contributed by atoms with Crippen molar-refractivity contribution in [3.63, 3.8) is 0 Å². The van der Waals surface area contributed by atoms with Gasteiger partial charge in [-0.3, -0.25) is 10.1 Å². The molecule has 1 atom stereocenters. The van der Waals surface area contributed by atoms with Crippen LogP contribution in [0.5, 0.6) is 0 Å². The van der Waals surface area contributed by atoms with Gasteiger partial charge in [-0.15, -0.1) is 0 Å². The van der Waals surface area contributed by atoms with E-state index in [4.69, 9.17) is 5.14 Å². The average molecular weight is 273 g/mol. The Kier molecular flexibility index (Phi) is 4.76. The third-order valence-corrected chi connectivity index (χ3v) is 3.21. The number of nitrogens with zero attached hydrogens (tertiary/aromatic N) is 1. The van der Waals surface area contributed by atoms with E-state index in [0.29, 0.717) is 0 Å². The van der Waals surface area contributed by atoms with Crippen molar-refractivity contribution < 1.29 is 13.3 Å². The van der Waals surface area contributed by atoms with Crippen LogP contribution in [0, 0.1) is 10.1 Å². The number of primary sulfonamides is 1. The Bertz CT molecular complexity index is 512. The van der Waals surface area contributed by atoms with Crippen LogP contribution in [0.1, 0.15) is 18.5 Å². The number of benzene rings is 1. The summed E-state index contributed by atoms with van der Waals surface area (Å²) in [6, 6.07) is 5.98. The molecule has 0 spiro atoms. The number of rotatable bonds is 6. The molecule has 1 unspecified atom stereocenters. The zero-order valence-corrected chi connectivity index (χ0v) is 10.7. The van der Waals surface area contributed by atoms with E-state index in [0.717, 1.165) is 5.56 Å². The van der Waals surface area contributed by atoms with Crippen molar-refractivity contribution in [1.29, 1.82) is 0 Å². The molecule has 0 saturated carbocycles. The number of sulfonamides is 1. The van der Waals surface area contributed by atoms with E-state index in [9.17, 15) is 18.5 Å². The van der Waals surface area contributed by atoms with Gasteiger partial charge in [0.25, 0.3) is 5.69 Å². The first-order valence-electron chi connectivity index (χ1n) is 5.28. The van der Waals surface area contributed by atoms with Gasteiger partial charge in [0.1, 0.15) is 0 Å². The molecule has 0 bridgehead atoms. The quantitative estimate of drug-likeness (QED) is 0.579. The number of non-ortho nitro benzene ring substituents is 1. The molecule has 1 aromatic carbocycles. The summed E-state index contributed by atoms with van der Waals surface area (Å²) in [6.07, 6.45) is 0. The smallest absolute Gasteiger partial charge is 0.269 e. The summed E-state index contributed by atoms with van der Waals surface area (Å²) in [4.78, 5) is 10.0. The van der Waals surface area contributed by atoms with E-state index in [2.05, 4.69) is 5.32 Å². The zero-order valence-electron chi connectivity index (χ0n) is 9.87. The van der Waals surface area contributed by atoms with Crippen molar-refractivity contribution >= 4 is 15.7 Å². The second kappa shape index (κ2) is 5.89. The molecule has 0 saturated heterocycles. The van der Waals surface area contributed by atoms with Crippen LogP contribution < -0.4 is 10.5 Å². The maximum atomic E-state index is 10.7. The SMILES string of the molecule is CC(NCCS(N)(=O)=O)c1ccc([N+](=O)[O-])cc1. The summed E-state index contributed by atoms with van der Waals surface area (Å²) in [5, 5.41) is 18.3. The van der Waals surface area contributed by atoms with Crippen molar-refractivity contribution in [3.05, 3.63) is 39.9 Å². The number of nitro groups is 1. The van der Waals surface area contributed by atoms with Crippen molar-refractivity contribution in [2.45, 2.75) is 13.0 Å². The average Bonchev–Trinajstić information content (AvgIpc) is 2.27. The third kappa shape index (κ3) is 4.78. The number of nitrogens with one attached hydrogen (secondary N) is 1. The fraction of sp³-hybridized carbons (Fsp3) is 0.400. The molecule has 0 aliphatic carbocycles. The molecule has 3 N–H and O–H groups in total. The predicted molar refractivity (Wildman–Crippen MR) is 67.5 cm³/mol. The highest BCUT2D eigenvalue weighted by Crippen LogP contribution is 2.17. The highest BCUT2D eigenvalue weighted by atomic mass is 32.2. The van der Waals surface area contributed by atoms with E-state index >= 15 is 0 Å². The van der Waals surface area contributed by atoms with E-state index < -0.39 is 14.9 Å². The fourth-order valence-electron chi connectivity index (χ4n) is 1.42. The molecule has 0 fully saturated rings. The van der Waals surface area contributed by atoms with Gasteiger partial charge in [0.05, 0.1) is 10.7 Å². The van der Waals surface area contributed by atoms with Crippen LogP contribution in [0.25, 0.3) is 0 Å². The number of hydrogen-bond donors (Lipinski definition) is 2. The number of nitrogens with two attached hydrogens (primary N) is 1. The van der Waals surface area contributed by atoms with Crippen molar-refractivity contribution in [2.24, 2.45) is 5.14 Å². The van der Waals surface area contributed by atoms with E-state index in [-0.39, 0.29) is 24.0 Å². The molecule has 100 valence electrons. The third-order valence-electron chi connectivity index (χ3n) is 2.44. The van der Waals surface area contributed by atoms with Gasteiger partial charge in [0.15, 0.2) is 0 Å². The second-order valence-electron chi connectivity index (χ2n) is 3.89. The predicted octanol–water partition coefficient (Wildman–Crippen LogP) is 0.534. The van der Waals surface area contributed by atoms with Crippen LogP contribution in [0.2, 0.25) is 0 Å². The maximum absolute atomic E-state index is 10.7. The summed E-state index contributed by atoms with van der Waals surface area (Å²) in [6.45, 7) is 2.07. The molecule has 0 amide bonds. The summed E-state index contributed by atoms with van der Waals surface area (Å²) < 4.78 is 21.5. The van der Waals surface area contributed by atoms with Crippen molar-refractivity contribution in [2.75, 3.05) is 12.3 Å². The molecule has 0 aliphatic heterocycles. The molecule has 7 nitrogen and oxygen atoms in total. The largest absolute Gasteiger partial charge is 0.309 e. The minimum absolute atomic E-state index is 0.0236. The molecular weight excluding hydrogens is 258 g/mol. The zero-order chi connectivity index (χ0) is 13.8. The molecule has 18 heavy (non-hydrogen) atoms. The Morgan fingerprint density at radius 2 is 1.94 bits per heavy atom. The van der Waals surface area contributed by atoms with Crippen LogP contribution in [0.4, 0.5) is 5.69 Å². The molecule has 0 aliphatic rings. The Hall–Kier alpha value is -1.51. The first-order chi connectivity index (χ1) is 8.29. The fourth-order valence-corrected chi connectivity index (χ4v) is 1.82. The number of hydrogen-bond acceptors (Lipinski definition) is 5. The Balaban J connectivity index is 2.56. The first-order valence-corrected chi connectivity index (χ1v) is 6.99. The molecule has 0 heterocycles. The van der Waals surface area contributed by atoms with Crippen LogP contribution >= 0.6 is 0 Å². The van der Waals surface area contributed by atoms with Gasteiger partial charge in [-0.2, -0.15) is 0 Å². The normalized spacial score (nSPS) is 13.2. The molecular formula is C10H15N3O4S. The van der Waals surface area contributed by atoms with Gasteiger partial charge in [0, 0.05) is 24.7 Å². The van der Waals surface area contributed by atoms with Gasteiger partial charge in [-0.25, -0.2) is 13.6 Å².